The number of ketones is 1. The number of rotatable bonds is 5. The molecule has 4 rings (SSSR count). The Balaban J connectivity index is 1.65. The highest BCUT2D eigenvalue weighted by Crippen LogP contribution is 2.24. The summed E-state index contributed by atoms with van der Waals surface area (Å²) < 4.78 is 8.22. The van der Waals surface area contributed by atoms with Gasteiger partial charge in [0.2, 0.25) is 0 Å². The van der Waals surface area contributed by atoms with E-state index in [0.29, 0.717) is 21.2 Å². The van der Waals surface area contributed by atoms with E-state index in [1.165, 1.54) is 6.07 Å². The number of Topliss-reactive ketones (excluding diaryl/α,β-unsaturated/α-hetero) is 1. The van der Waals surface area contributed by atoms with Gasteiger partial charge in [-0.15, -0.1) is 0 Å². The molecule has 5 nitrogen and oxygen atoms in total. The van der Waals surface area contributed by atoms with E-state index in [0.717, 1.165) is 10.2 Å². The first-order chi connectivity index (χ1) is 14.4. The van der Waals surface area contributed by atoms with E-state index in [4.69, 9.17) is 16.6 Å². The van der Waals surface area contributed by atoms with Gasteiger partial charge in [0.05, 0.1) is 6.10 Å². The van der Waals surface area contributed by atoms with Gasteiger partial charge in [-0.05, 0) is 42.5 Å². The van der Waals surface area contributed by atoms with Crippen LogP contribution in [0, 0.1) is 4.64 Å². The predicted octanol–water partition coefficient (Wildman–Crippen LogP) is 5.38. The van der Waals surface area contributed by atoms with Crippen LogP contribution in [0.5, 0.6) is 0 Å². The van der Waals surface area contributed by atoms with Crippen LogP contribution in [0.15, 0.2) is 86.6 Å². The van der Waals surface area contributed by atoms with E-state index in [1.54, 1.807) is 41.1 Å². The van der Waals surface area contributed by atoms with Crippen molar-refractivity contribution < 1.29 is 14.3 Å². The molecule has 2 aromatic carbocycles. The van der Waals surface area contributed by atoms with E-state index in [-0.39, 0.29) is 12.0 Å². The van der Waals surface area contributed by atoms with Crippen LogP contribution < -0.4 is 5.63 Å². The Morgan fingerprint density at radius 2 is 1.87 bits per heavy atom. The first-order valence-corrected chi connectivity index (χ1v) is 10.4. The number of aliphatic hydroxyl groups is 1. The fraction of sp³-hybridized carbons (Fsp3) is 0.0870. The molecule has 0 saturated heterocycles. The fourth-order valence-electron chi connectivity index (χ4n) is 3.24. The number of aromatic nitrogens is 1. The molecule has 0 bridgehead atoms. The summed E-state index contributed by atoms with van der Waals surface area (Å²) in [5.41, 5.74) is 0.854. The minimum Gasteiger partial charge on any atom is -0.422 e. The Bertz CT molecular complexity index is 1360. The molecule has 1 atom stereocenters. The quantitative estimate of drug-likeness (QED) is 0.235. The Morgan fingerprint density at radius 1 is 1.10 bits per heavy atom. The average molecular weight is 482 g/mol. The minimum atomic E-state index is -1.15. The number of fused-ring (bicyclic) bond motifs is 1. The van der Waals surface area contributed by atoms with Crippen LogP contribution in [0.25, 0.3) is 16.7 Å². The van der Waals surface area contributed by atoms with E-state index in [1.807, 2.05) is 30.3 Å². The molecular weight excluding hydrogens is 466 g/mol. The van der Waals surface area contributed by atoms with Crippen LogP contribution in [-0.4, -0.2) is 15.5 Å². The highest BCUT2D eigenvalue weighted by molar-refractivity contribution is 9.10. The molecule has 2 aromatic heterocycles. The fourth-order valence-corrected chi connectivity index (χ4v) is 3.99. The van der Waals surface area contributed by atoms with Crippen molar-refractivity contribution in [2.75, 3.05) is 0 Å². The highest BCUT2D eigenvalue weighted by Gasteiger charge is 2.20. The molecule has 0 aliphatic heterocycles. The van der Waals surface area contributed by atoms with Crippen molar-refractivity contribution in [2.45, 2.75) is 12.5 Å². The summed E-state index contributed by atoms with van der Waals surface area (Å²) in [5.74, 6) is -0.511. The predicted molar refractivity (Wildman–Crippen MR) is 121 cm³/mol. The van der Waals surface area contributed by atoms with Crippen molar-refractivity contribution in [3.63, 3.8) is 0 Å². The number of pyridine rings is 1. The maximum absolute atomic E-state index is 12.8. The number of halogens is 1. The smallest absolute Gasteiger partial charge is 0.347 e. The third-order valence-corrected chi connectivity index (χ3v) is 5.67. The molecule has 0 amide bonds. The molecule has 4 aromatic rings. The zero-order valence-corrected chi connectivity index (χ0v) is 18.0. The van der Waals surface area contributed by atoms with Gasteiger partial charge in [-0.1, -0.05) is 52.4 Å². The summed E-state index contributed by atoms with van der Waals surface area (Å²) in [4.78, 5) is 25.0. The Morgan fingerprint density at radius 3 is 2.63 bits per heavy atom. The summed E-state index contributed by atoms with van der Waals surface area (Å²) in [6.45, 7) is 0. The lowest BCUT2D eigenvalue weighted by Crippen LogP contribution is -2.17. The number of carbonyl (C=O) groups is 1. The second-order valence-corrected chi connectivity index (χ2v) is 8.05. The van der Waals surface area contributed by atoms with Gasteiger partial charge in [0, 0.05) is 33.7 Å². The van der Waals surface area contributed by atoms with Crippen molar-refractivity contribution in [2.24, 2.45) is 0 Å². The van der Waals surface area contributed by atoms with Gasteiger partial charge in [-0.25, -0.2) is 4.79 Å². The van der Waals surface area contributed by atoms with Crippen molar-refractivity contribution in [1.29, 1.82) is 0 Å². The monoisotopic (exact) mass is 481 g/mol. The number of para-hydroxylation sites is 1. The molecule has 0 aliphatic carbocycles. The lowest BCUT2D eigenvalue weighted by atomic mass is 10.0. The topological polar surface area (TPSA) is 72.4 Å². The summed E-state index contributed by atoms with van der Waals surface area (Å²) in [5, 5.41) is 11.3. The second-order valence-electron chi connectivity index (χ2n) is 6.75. The third-order valence-electron chi connectivity index (χ3n) is 4.74. The molecule has 0 saturated carbocycles. The van der Waals surface area contributed by atoms with Gasteiger partial charge in [-0.2, -0.15) is 0 Å². The zero-order valence-electron chi connectivity index (χ0n) is 15.6. The van der Waals surface area contributed by atoms with E-state index >= 15 is 0 Å². The van der Waals surface area contributed by atoms with Crippen LogP contribution in [0.3, 0.4) is 0 Å². The van der Waals surface area contributed by atoms with E-state index in [2.05, 4.69) is 15.9 Å². The number of nitrogens with zero attached hydrogens (tertiary/aromatic N) is 1. The van der Waals surface area contributed by atoms with Crippen LogP contribution in [-0.2, 0) is 0 Å². The average Bonchev–Trinajstić information content (AvgIpc) is 2.74. The van der Waals surface area contributed by atoms with Crippen molar-refractivity contribution in [1.82, 2.24) is 4.57 Å². The first-order valence-electron chi connectivity index (χ1n) is 9.16. The lowest BCUT2D eigenvalue weighted by Gasteiger charge is -2.14. The molecule has 2 heterocycles. The Labute approximate surface area is 185 Å². The third kappa shape index (κ3) is 4.05. The van der Waals surface area contributed by atoms with Crippen LogP contribution in [0.2, 0.25) is 0 Å². The van der Waals surface area contributed by atoms with E-state index < -0.39 is 17.5 Å². The maximum Gasteiger partial charge on any atom is 0.347 e. The largest absolute Gasteiger partial charge is 0.422 e. The maximum atomic E-state index is 12.8. The van der Waals surface area contributed by atoms with Crippen molar-refractivity contribution in [3.8, 4) is 5.69 Å². The van der Waals surface area contributed by atoms with Crippen molar-refractivity contribution >= 4 is 44.9 Å². The molecular formula is C23H16BrNO4S. The Kier molecular flexibility index (Phi) is 5.76. The number of hydrogen-bond donors (Lipinski definition) is 1. The van der Waals surface area contributed by atoms with Crippen molar-refractivity contribution in [3.05, 3.63) is 104 Å². The normalized spacial score (nSPS) is 12.1. The van der Waals surface area contributed by atoms with Gasteiger partial charge in [0.1, 0.15) is 15.8 Å². The molecule has 0 radical (unpaired) electrons. The first kappa shape index (κ1) is 20.4. The molecule has 7 heteroatoms. The second kappa shape index (κ2) is 8.47. The SMILES string of the molecule is O=C(C[C@@H](O)c1cccn(-c2ccccc2)c1=S)c1cc2cc(Br)ccc2oc1=O. The molecule has 150 valence electrons. The number of hydrogen-bond acceptors (Lipinski definition) is 5. The van der Waals surface area contributed by atoms with Crippen LogP contribution in [0.4, 0.5) is 0 Å². The van der Waals surface area contributed by atoms with Gasteiger partial charge in [0.25, 0.3) is 0 Å². The summed E-state index contributed by atoms with van der Waals surface area (Å²) in [6.07, 6.45) is 0.358. The summed E-state index contributed by atoms with van der Waals surface area (Å²) >= 11 is 8.89. The Hall–Kier alpha value is -2.87. The standard InChI is InChI=1S/C23H16BrNO4S/c24-15-8-9-21-14(11-15)12-18(23(28)29-21)20(27)13-19(26)17-7-4-10-25(22(17)30)16-5-2-1-3-6-16/h1-12,19,26H,13H2/t19-/m1/s1. The number of aliphatic hydroxyl groups excluding tert-OH is 1. The van der Waals surface area contributed by atoms with E-state index in [9.17, 15) is 14.7 Å². The number of carbonyl (C=O) groups excluding carboxylic acids is 1. The van der Waals surface area contributed by atoms with Gasteiger partial charge < -0.3 is 14.1 Å². The molecule has 0 aliphatic rings. The van der Waals surface area contributed by atoms with Crippen LogP contribution in [0.1, 0.15) is 28.4 Å². The van der Waals surface area contributed by atoms with Gasteiger partial charge >= 0.3 is 5.63 Å². The lowest BCUT2D eigenvalue weighted by molar-refractivity contribution is 0.0875. The highest BCUT2D eigenvalue weighted by atomic mass is 79.9. The van der Waals surface area contributed by atoms with Crippen LogP contribution >= 0.6 is 28.1 Å². The molecule has 0 unspecified atom stereocenters. The molecule has 30 heavy (non-hydrogen) atoms. The number of benzene rings is 2. The minimum absolute atomic E-state index is 0.0996. The summed E-state index contributed by atoms with van der Waals surface area (Å²) in [6, 6.07) is 19.6. The molecule has 0 fully saturated rings. The molecule has 0 spiro atoms. The van der Waals surface area contributed by atoms with Gasteiger partial charge in [0.15, 0.2) is 5.78 Å². The zero-order chi connectivity index (χ0) is 21.3. The summed E-state index contributed by atoms with van der Waals surface area (Å²) in [7, 11) is 0. The molecule has 1 N–H and O–H groups in total. The van der Waals surface area contributed by atoms with Gasteiger partial charge in [-0.3, -0.25) is 4.79 Å².